The molecule has 5 rings (SSSR count). The topological polar surface area (TPSA) is 32.9 Å². The number of nitrogens with one attached hydrogen (secondary N) is 1. The summed E-state index contributed by atoms with van der Waals surface area (Å²) in [4.78, 5) is 16.4. The molecule has 0 aliphatic heterocycles. The maximum Gasteiger partial charge on any atom is 0.185 e. The molecule has 0 unspecified atom stereocenters. The van der Waals surface area contributed by atoms with Crippen molar-refractivity contribution in [1.29, 1.82) is 0 Å². The normalized spacial score (nSPS) is 39.8. The zero-order chi connectivity index (χ0) is 13.2. The van der Waals surface area contributed by atoms with E-state index in [1.165, 1.54) is 30.4 Å². The Morgan fingerprint density at radius 2 is 1.63 bits per heavy atom. The predicted octanol–water partition coefficient (Wildman–Crippen LogP) is 4.03. The fourth-order valence-corrected chi connectivity index (χ4v) is 5.48. The van der Waals surface area contributed by atoms with Crippen LogP contribution in [0, 0.1) is 37.0 Å². The Hall–Kier alpha value is -1.05. The summed E-state index contributed by atoms with van der Waals surface area (Å²) in [5.41, 5.74) is 3.28. The summed E-state index contributed by atoms with van der Waals surface area (Å²) in [6.07, 6.45) is 9.67. The van der Waals surface area contributed by atoms with E-state index in [0.717, 1.165) is 42.7 Å². The minimum absolute atomic E-state index is 0.00317. The monoisotopic (exact) mass is 257 g/mol. The molecule has 1 N–H and O–H groups in total. The summed E-state index contributed by atoms with van der Waals surface area (Å²) in [6.45, 7) is 4.17. The van der Waals surface area contributed by atoms with Crippen molar-refractivity contribution in [3.63, 3.8) is 0 Å². The van der Waals surface area contributed by atoms with Gasteiger partial charge in [0.25, 0.3) is 0 Å². The lowest BCUT2D eigenvalue weighted by Crippen LogP contribution is -2.50. The van der Waals surface area contributed by atoms with Crippen molar-refractivity contribution in [1.82, 2.24) is 4.98 Å². The van der Waals surface area contributed by atoms with Crippen molar-refractivity contribution in [2.45, 2.75) is 52.4 Å². The first kappa shape index (κ1) is 11.7. The van der Waals surface area contributed by atoms with Crippen molar-refractivity contribution < 1.29 is 4.79 Å². The molecule has 0 aromatic carbocycles. The lowest BCUT2D eigenvalue weighted by molar-refractivity contribution is -0.0355. The highest BCUT2D eigenvalue weighted by Gasteiger charge is 2.54. The van der Waals surface area contributed by atoms with Crippen LogP contribution in [-0.4, -0.2) is 10.8 Å². The fourth-order valence-electron chi connectivity index (χ4n) is 5.48. The second-order valence-corrected chi connectivity index (χ2v) is 7.50. The Morgan fingerprint density at radius 3 is 2.05 bits per heavy atom. The molecule has 0 saturated heterocycles. The fraction of sp³-hybridized carbons (Fsp3) is 0.706. The number of aryl methyl sites for hydroxylation is 1. The molecule has 1 heterocycles. The van der Waals surface area contributed by atoms with Gasteiger partial charge in [-0.2, -0.15) is 0 Å². The van der Waals surface area contributed by atoms with Crippen LogP contribution in [0.2, 0.25) is 0 Å². The van der Waals surface area contributed by atoms with Crippen molar-refractivity contribution in [2.24, 2.45) is 23.2 Å². The van der Waals surface area contributed by atoms with Crippen LogP contribution in [0.3, 0.4) is 0 Å². The average Bonchev–Trinajstić information content (AvgIpc) is 2.67. The molecule has 0 radical (unpaired) electrons. The van der Waals surface area contributed by atoms with Crippen molar-refractivity contribution in [3.05, 3.63) is 23.0 Å². The van der Waals surface area contributed by atoms with Gasteiger partial charge in [0.15, 0.2) is 5.78 Å². The third-order valence-electron chi connectivity index (χ3n) is 6.15. The molecular formula is C17H23NO. The third kappa shape index (κ3) is 1.58. The molecule has 4 fully saturated rings. The van der Waals surface area contributed by atoms with E-state index in [0.29, 0.717) is 5.78 Å². The van der Waals surface area contributed by atoms with Crippen LogP contribution in [0.1, 0.15) is 60.1 Å². The second-order valence-electron chi connectivity index (χ2n) is 7.50. The van der Waals surface area contributed by atoms with Crippen molar-refractivity contribution in [2.75, 3.05) is 0 Å². The van der Waals surface area contributed by atoms with E-state index in [-0.39, 0.29) is 5.41 Å². The second kappa shape index (κ2) is 3.74. The van der Waals surface area contributed by atoms with Gasteiger partial charge < -0.3 is 4.98 Å². The molecule has 4 aliphatic rings. The smallest absolute Gasteiger partial charge is 0.185 e. The number of hydrogen-bond donors (Lipinski definition) is 1. The van der Waals surface area contributed by atoms with Crippen LogP contribution in [0.5, 0.6) is 0 Å². The van der Waals surface area contributed by atoms with Gasteiger partial charge in [0.1, 0.15) is 0 Å². The van der Waals surface area contributed by atoms with Gasteiger partial charge in [0.05, 0.1) is 5.69 Å². The number of carbonyl (C=O) groups is 1. The van der Waals surface area contributed by atoms with Gasteiger partial charge in [0, 0.05) is 11.6 Å². The van der Waals surface area contributed by atoms with Crippen LogP contribution >= 0.6 is 0 Å². The molecule has 0 atom stereocenters. The van der Waals surface area contributed by atoms with E-state index in [1.807, 2.05) is 6.20 Å². The van der Waals surface area contributed by atoms with E-state index in [4.69, 9.17) is 0 Å². The van der Waals surface area contributed by atoms with Gasteiger partial charge in [-0.3, -0.25) is 4.79 Å². The van der Waals surface area contributed by atoms with E-state index < -0.39 is 0 Å². The van der Waals surface area contributed by atoms with Crippen LogP contribution in [-0.2, 0) is 0 Å². The molecule has 0 spiro atoms. The molecule has 2 heteroatoms. The minimum atomic E-state index is -0.00317. The Labute approximate surface area is 115 Å². The first-order chi connectivity index (χ1) is 9.07. The molecule has 0 amide bonds. The number of ketones is 1. The molecule has 102 valence electrons. The van der Waals surface area contributed by atoms with Crippen molar-refractivity contribution in [3.8, 4) is 0 Å². The zero-order valence-electron chi connectivity index (χ0n) is 12.0. The summed E-state index contributed by atoms with van der Waals surface area (Å²) in [5, 5.41) is 0. The molecule has 4 aliphatic carbocycles. The van der Waals surface area contributed by atoms with Gasteiger partial charge in [-0.25, -0.2) is 0 Å². The zero-order valence-corrected chi connectivity index (χ0v) is 12.0. The van der Waals surface area contributed by atoms with Crippen molar-refractivity contribution >= 4 is 5.78 Å². The maximum atomic E-state index is 13.1. The van der Waals surface area contributed by atoms with Crippen LogP contribution < -0.4 is 0 Å². The molecule has 2 nitrogen and oxygen atoms in total. The Balaban J connectivity index is 1.72. The number of rotatable bonds is 2. The number of aromatic nitrogens is 1. The molecule has 4 bridgehead atoms. The first-order valence-corrected chi connectivity index (χ1v) is 7.77. The predicted molar refractivity (Wildman–Crippen MR) is 75.2 cm³/mol. The highest BCUT2D eigenvalue weighted by atomic mass is 16.1. The molecule has 19 heavy (non-hydrogen) atoms. The van der Waals surface area contributed by atoms with Gasteiger partial charge >= 0.3 is 0 Å². The Morgan fingerprint density at radius 1 is 1.11 bits per heavy atom. The Bertz CT molecular complexity index is 504. The maximum absolute atomic E-state index is 13.1. The third-order valence-corrected chi connectivity index (χ3v) is 6.15. The summed E-state index contributed by atoms with van der Waals surface area (Å²) in [7, 11) is 0. The van der Waals surface area contributed by atoms with E-state index in [1.54, 1.807) is 0 Å². The SMILES string of the molecule is Cc1c[nH]c(C(=O)C23CC4CC(CC(C4)C2)C3)c1C. The lowest BCUT2D eigenvalue weighted by Gasteiger charge is -2.55. The molecular weight excluding hydrogens is 234 g/mol. The number of hydrogen-bond acceptors (Lipinski definition) is 1. The molecule has 1 aromatic rings. The van der Waals surface area contributed by atoms with E-state index in [2.05, 4.69) is 18.8 Å². The van der Waals surface area contributed by atoms with E-state index >= 15 is 0 Å². The Kier molecular flexibility index (Phi) is 2.31. The summed E-state index contributed by atoms with van der Waals surface area (Å²) in [5.74, 6) is 2.95. The largest absolute Gasteiger partial charge is 0.358 e. The average molecular weight is 257 g/mol. The summed E-state index contributed by atoms with van der Waals surface area (Å²) >= 11 is 0. The van der Waals surface area contributed by atoms with Gasteiger partial charge in [0.2, 0.25) is 0 Å². The molecule has 4 saturated carbocycles. The highest BCUT2D eigenvalue weighted by molar-refractivity contribution is 6.00. The van der Waals surface area contributed by atoms with Gasteiger partial charge in [-0.05, 0) is 81.3 Å². The number of H-pyrrole nitrogens is 1. The first-order valence-electron chi connectivity index (χ1n) is 7.77. The number of aromatic amines is 1. The van der Waals surface area contributed by atoms with Crippen LogP contribution in [0.25, 0.3) is 0 Å². The summed E-state index contributed by atoms with van der Waals surface area (Å²) < 4.78 is 0. The van der Waals surface area contributed by atoms with Crippen LogP contribution in [0.15, 0.2) is 6.20 Å². The lowest BCUT2D eigenvalue weighted by atomic mass is 9.48. The van der Waals surface area contributed by atoms with Gasteiger partial charge in [-0.1, -0.05) is 0 Å². The number of carbonyl (C=O) groups excluding carboxylic acids is 1. The minimum Gasteiger partial charge on any atom is -0.358 e. The van der Waals surface area contributed by atoms with Crippen LogP contribution in [0.4, 0.5) is 0 Å². The quantitative estimate of drug-likeness (QED) is 0.797. The standard InChI is InChI=1S/C17H23NO/c1-10-9-18-15(11(10)2)16(19)17-6-12-3-13(7-17)5-14(4-12)8-17/h9,12-14,18H,3-8H2,1-2H3. The summed E-state index contributed by atoms with van der Waals surface area (Å²) in [6, 6.07) is 0. The number of Topliss-reactive ketones (excluding diaryl/α,β-unsaturated/α-hetero) is 1. The van der Waals surface area contributed by atoms with E-state index in [9.17, 15) is 4.79 Å². The highest BCUT2D eigenvalue weighted by Crippen LogP contribution is 2.61. The van der Waals surface area contributed by atoms with Gasteiger partial charge in [-0.15, -0.1) is 0 Å². The molecule has 1 aromatic heterocycles.